The number of carbonyl (C=O) groups excluding carboxylic acids is 7. The van der Waals surface area contributed by atoms with Gasteiger partial charge in [-0.25, -0.2) is 0 Å². The van der Waals surface area contributed by atoms with Gasteiger partial charge in [0.15, 0.2) is 11.5 Å². The number of β-amino-alcohol motifs (C(OH)–C–C–N with tert-alkyl or cyclic N) is 1. The number of aromatic hydroxyl groups is 1. The number of benzene rings is 3. The molecule has 3 aromatic carbocycles. The predicted octanol–water partition coefficient (Wildman–Crippen LogP) is -2.46. The monoisotopic (exact) mass is 1340 g/mol. The van der Waals surface area contributed by atoms with Crippen LogP contribution in [0.5, 0.6) is 11.5 Å². The second kappa shape index (κ2) is 33.0. The van der Waals surface area contributed by atoms with Crippen LogP contribution in [0.15, 0.2) is 66.7 Å². The molecule has 1 saturated carbocycles. The van der Waals surface area contributed by atoms with E-state index in [1.165, 1.54) is 74.3 Å². The standard InChI is InChI=1S/C65H91N13O16S/c1-35-4-13-42(14-5-35)75-22-24-76(25-23-75)43-15-11-41(12-16-43)63-74-73-62(95-63)40-9-7-39(8-10-40)57(87)69-46-30-44(81)32-68-61(91)55-56(86)36(2)33-78(55)65(93)54(49(84)18-19-66)72-60(90)53(50(85)28-38-6-17-48(83)51(29-38)94-27-21-67-20-26-79)71-59(89)47-31-45(82)34-77(47)64(92)52(37(3)80)70-58(46)88/h6-12,15-17,29,35-37,42,44-47,49-50,52-56,67,79-86H,4-5,13-14,18-28,30-34,66H2,1-3H3,(H,68,91)(H,69,87)(H,70,88)(H,71,89)(H,72,90)/t35?,36-,37+,42?,44+,45+,46-,47-,49+,50+,52-,53-,54-,55-,56-/m0/s1. The highest BCUT2D eigenvalue weighted by atomic mass is 32.1. The maximum atomic E-state index is 14.8. The van der Waals surface area contributed by atoms with Gasteiger partial charge in [0.1, 0.15) is 52.9 Å². The molecule has 29 nitrogen and oxygen atoms in total. The molecule has 5 aliphatic rings. The van der Waals surface area contributed by atoms with Crippen LogP contribution in [0.2, 0.25) is 0 Å². The molecule has 1 aromatic heterocycles. The van der Waals surface area contributed by atoms with Gasteiger partial charge in [0, 0.05) is 113 Å². The lowest BCUT2D eigenvalue weighted by molar-refractivity contribution is -0.147. The van der Waals surface area contributed by atoms with Crippen molar-refractivity contribution < 1.29 is 79.2 Å². The Bertz CT molecular complexity index is 3280. The van der Waals surface area contributed by atoms with Crippen molar-refractivity contribution in [3.8, 4) is 32.6 Å². The normalized spacial score (nSPS) is 28.1. The van der Waals surface area contributed by atoms with Gasteiger partial charge in [0.05, 0.1) is 43.2 Å². The Morgan fingerprint density at radius 1 is 0.737 bits per heavy atom. The van der Waals surface area contributed by atoms with Crippen LogP contribution in [-0.4, -0.2) is 265 Å². The largest absolute Gasteiger partial charge is 0.504 e. The van der Waals surface area contributed by atoms with Crippen LogP contribution in [0.25, 0.3) is 21.1 Å². The lowest BCUT2D eigenvalue weighted by Gasteiger charge is -2.42. The van der Waals surface area contributed by atoms with E-state index < -0.39 is 152 Å². The summed E-state index contributed by atoms with van der Waals surface area (Å²) in [5.74, 6) is -7.84. The quantitative estimate of drug-likeness (QED) is 0.0433. The molecular weight excluding hydrogens is 1250 g/mol. The minimum atomic E-state index is -2.05. The van der Waals surface area contributed by atoms with E-state index in [0.29, 0.717) is 21.6 Å². The third-order valence-corrected chi connectivity index (χ3v) is 19.6. The molecule has 0 bridgehead atoms. The molecule has 0 unspecified atom stereocenters. The number of rotatable bonds is 19. The van der Waals surface area contributed by atoms with E-state index in [9.17, 15) is 69.3 Å². The van der Waals surface area contributed by atoms with Crippen LogP contribution in [0.1, 0.15) is 81.6 Å². The maximum Gasteiger partial charge on any atom is 0.251 e. The summed E-state index contributed by atoms with van der Waals surface area (Å²) < 4.78 is 5.70. The number of nitrogens with two attached hydrogens (primary N) is 1. The van der Waals surface area contributed by atoms with Crippen LogP contribution in [0, 0.1) is 11.8 Å². The van der Waals surface area contributed by atoms with Crippen LogP contribution in [0.4, 0.5) is 5.69 Å². The zero-order valence-corrected chi connectivity index (χ0v) is 54.5. The molecule has 5 fully saturated rings. The molecule has 0 radical (unpaired) electrons. The van der Waals surface area contributed by atoms with Crippen molar-refractivity contribution in [3.63, 3.8) is 0 Å². The summed E-state index contributed by atoms with van der Waals surface area (Å²) in [4.78, 5) is 109. The van der Waals surface area contributed by atoms with E-state index in [-0.39, 0.29) is 68.4 Å². The highest BCUT2D eigenvalue weighted by Gasteiger charge is 2.50. The number of amides is 7. The topological polar surface area (TPSA) is 427 Å². The average Bonchev–Trinajstić information content (AvgIpc) is 1.69. The number of anilines is 1. The molecule has 4 saturated heterocycles. The number of hydrogen-bond acceptors (Lipinski definition) is 23. The van der Waals surface area contributed by atoms with E-state index in [2.05, 4.69) is 71.0 Å². The van der Waals surface area contributed by atoms with E-state index in [0.717, 1.165) is 60.1 Å². The summed E-state index contributed by atoms with van der Waals surface area (Å²) in [5.41, 5.74) is 8.77. The average molecular weight is 1340 g/mol. The SMILES string of the molecule is CC1CCC(N2CCN(c3ccc(-c4nnc(-c5ccc(C(=O)N[C@H]6C[C@@H](O)CNC(=O)[C@@H]7[C@@H](O)[C@@H](C)CN7C(=O)[C@H]([C@H](O)CCN)NC(=O)[C@H]([C@H](O)Cc7ccc(O)c(OCCNCCO)c7)NC(=O)[C@@H]7C[C@@H](O)CN7C(=O)[C@H]([C@@H](C)O)NC6=O)cc5)s4)cc3)CC2)CC1. The second-order valence-corrected chi connectivity index (χ2v) is 26.7. The summed E-state index contributed by atoms with van der Waals surface area (Å²) in [6.45, 7) is 7.78. The summed E-state index contributed by atoms with van der Waals surface area (Å²) in [6, 6.07) is 8.21. The highest BCUT2D eigenvalue weighted by Crippen LogP contribution is 2.34. The molecule has 4 aromatic rings. The molecule has 7 amide bonds. The number of fused-ring (bicyclic) bond motifs is 2. The first-order valence-electron chi connectivity index (χ1n) is 32.7. The zero-order valence-electron chi connectivity index (χ0n) is 53.7. The van der Waals surface area contributed by atoms with Crippen molar-refractivity contribution in [1.29, 1.82) is 0 Å². The van der Waals surface area contributed by atoms with Crippen LogP contribution < -0.4 is 47.3 Å². The lowest BCUT2D eigenvalue weighted by Crippen LogP contribution is -2.64. The number of phenols is 1. The van der Waals surface area contributed by atoms with Crippen LogP contribution in [0.3, 0.4) is 0 Å². The van der Waals surface area contributed by atoms with Gasteiger partial charge in [-0.2, -0.15) is 0 Å². The van der Waals surface area contributed by atoms with Gasteiger partial charge in [0.2, 0.25) is 35.4 Å². The molecule has 13 atom stereocenters. The summed E-state index contributed by atoms with van der Waals surface area (Å²) in [5, 5.41) is 114. The van der Waals surface area contributed by atoms with Gasteiger partial charge < -0.3 is 97.9 Å². The Balaban J connectivity index is 0.946. The third-order valence-electron chi connectivity index (χ3n) is 18.6. The van der Waals surface area contributed by atoms with Gasteiger partial charge in [-0.05, 0) is 106 Å². The maximum absolute atomic E-state index is 14.8. The smallest absolute Gasteiger partial charge is 0.251 e. The van der Waals surface area contributed by atoms with Crippen molar-refractivity contribution in [1.82, 2.24) is 56.8 Å². The van der Waals surface area contributed by atoms with E-state index in [1.54, 1.807) is 12.1 Å². The number of aliphatic hydroxyl groups excluding tert-OH is 7. The fraction of sp³-hybridized carbons (Fsp3) is 0.585. The Kier molecular flexibility index (Phi) is 24.9. The first-order chi connectivity index (χ1) is 45.5. The molecule has 4 aliphatic heterocycles. The lowest BCUT2D eigenvalue weighted by atomic mass is 9.86. The van der Waals surface area contributed by atoms with Gasteiger partial charge in [-0.3, -0.25) is 38.5 Å². The Morgan fingerprint density at radius 3 is 2.03 bits per heavy atom. The van der Waals surface area contributed by atoms with Gasteiger partial charge in [0.25, 0.3) is 5.91 Å². The Labute approximate surface area is 554 Å². The fourth-order valence-electron chi connectivity index (χ4n) is 13.1. The predicted molar refractivity (Wildman–Crippen MR) is 348 cm³/mol. The summed E-state index contributed by atoms with van der Waals surface area (Å²) in [7, 11) is 0. The number of aliphatic hydroxyl groups is 7. The number of hydrogen-bond donors (Lipinski definition) is 15. The second-order valence-electron chi connectivity index (χ2n) is 25.7. The number of aromatic nitrogens is 2. The molecule has 16 N–H and O–H groups in total. The Morgan fingerprint density at radius 2 is 1.38 bits per heavy atom. The van der Waals surface area contributed by atoms with E-state index in [4.69, 9.17) is 15.6 Å². The van der Waals surface area contributed by atoms with Crippen molar-refractivity contribution in [2.75, 3.05) is 83.6 Å². The first-order valence-corrected chi connectivity index (χ1v) is 33.5. The van der Waals surface area contributed by atoms with Gasteiger partial charge in [-0.1, -0.05) is 43.4 Å². The van der Waals surface area contributed by atoms with E-state index in [1.807, 2.05) is 12.1 Å². The molecule has 518 valence electrons. The van der Waals surface area contributed by atoms with Gasteiger partial charge >= 0.3 is 0 Å². The molecule has 1 aliphatic carbocycles. The molecule has 95 heavy (non-hydrogen) atoms. The van der Waals surface area contributed by atoms with Crippen molar-refractivity contribution in [2.24, 2.45) is 17.6 Å². The number of ether oxygens (including phenoxy) is 1. The number of carbonyl (C=O) groups is 7. The number of piperazine rings is 1. The molecule has 0 spiro atoms. The molecule has 9 rings (SSSR count). The number of nitrogens with one attached hydrogen (secondary N) is 6. The molecule has 30 heteroatoms. The fourth-order valence-corrected chi connectivity index (χ4v) is 13.9. The first kappa shape index (κ1) is 71.8. The van der Waals surface area contributed by atoms with Crippen LogP contribution >= 0.6 is 11.3 Å². The summed E-state index contributed by atoms with van der Waals surface area (Å²) in [6.07, 6.45) is -6.78. The minimum absolute atomic E-state index is 0.0282. The number of nitrogens with zero attached hydrogens (tertiary/aromatic N) is 6. The third kappa shape index (κ3) is 18.0. The summed E-state index contributed by atoms with van der Waals surface area (Å²) >= 11 is 1.35. The van der Waals surface area contributed by atoms with Gasteiger partial charge in [-0.15, -0.1) is 10.2 Å². The van der Waals surface area contributed by atoms with Crippen molar-refractivity contribution in [2.45, 2.75) is 151 Å². The number of phenolic OH excluding ortho intramolecular Hbond substituents is 1. The van der Waals surface area contributed by atoms with Crippen molar-refractivity contribution in [3.05, 3.63) is 77.9 Å². The highest BCUT2D eigenvalue weighted by molar-refractivity contribution is 7.17. The van der Waals surface area contributed by atoms with Crippen molar-refractivity contribution >= 4 is 58.4 Å². The van der Waals surface area contributed by atoms with Crippen LogP contribution in [-0.2, 0) is 35.2 Å². The Hall–Kier alpha value is -7.49. The minimum Gasteiger partial charge on any atom is -0.504 e. The molecule has 5 heterocycles. The zero-order chi connectivity index (χ0) is 68.2. The van der Waals surface area contributed by atoms with E-state index >= 15 is 0 Å². The molecular formula is C65H91N13O16S.